The van der Waals surface area contributed by atoms with Gasteiger partial charge in [0.25, 0.3) is 47.4 Å². The molecule has 18 rings (SSSR count). The van der Waals surface area contributed by atoms with E-state index in [1.165, 1.54) is 64.0 Å². The maximum atomic E-state index is 14.2. The summed E-state index contributed by atoms with van der Waals surface area (Å²) in [5.74, 6) is 1.64. The van der Waals surface area contributed by atoms with E-state index in [1.54, 1.807) is 60.9 Å². The summed E-state index contributed by atoms with van der Waals surface area (Å²) in [5, 5.41) is 15.3. The fourth-order valence-electron chi connectivity index (χ4n) is 21.2. The zero-order valence-electron chi connectivity index (χ0n) is 80.5. The Hall–Kier alpha value is -10.2. The number of aromatic amines is 2. The minimum atomic E-state index is -6.02. The first-order valence-electron chi connectivity index (χ1n) is 49.4. The Kier molecular flexibility index (Phi) is 31.7. The molecule has 10 aromatic rings. The molecule has 6 fully saturated rings. The van der Waals surface area contributed by atoms with Crippen LogP contribution in [0.15, 0.2) is 205 Å². The van der Waals surface area contributed by atoms with Crippen molar-refractivity contribution in [2.45, 2.75) is 214 Å². The number of carbonyl (C=O) groups is 2. The number of pyridine rings is 2. The number of nitro benzene ring substituents is 1. The van der Waals surface area contributed by atoms with Crippen molar-refractivity contribution in [2.24, 2.45) is 31.4 Å². The predicted octanol–water partition coefficient (Wildman–Crippen LogP) is 22.3. The zero-order chi connectivity index (χ0) is 100. The Morgan fingerprint density at radius 1 is 0.521 bits per heavy atom. The van der Waals surface area contributed by atoms with Crippen LogP contribution in [0.3, 0.4) is 0 Å². The van der Waals surface area contributed by atoms with Gasteiger partial charge in [-0.3, -0.25) is 29.5 Å². The SMILES string of the molecule is CC1(C)CCC(CN2CCN(c3ccc(C(=O)NS(=O)(=O)c4ccc(CCC5CCC(N=S6(=O)CCCCC6)CC5)c(S(=O)(=O)C(F)(F)F)c4)c(Oc4cnc5[nH]ccc5c4)c3)CC2)=C(c2ccc(Cl)cc2)C1.CC1(C)CCC(CN2CCN(c3ccc(C(=O)NS(=O)(=O)c4ccc(CCC5CCC(N=S6(=O)CCCCC6)CC5)c([N+](=O)[O-])c4)c(Oc4cnc5[nH]ccc5c4)c3)CC2)=C(c2ccc(Cl)cc2)C1. The molecule has 37 heteroatoms. The molecule has 2 amide bonds. The molecule has 4 aromatic heterocycles. The second-order valence-electron chi connectivity index (χ2n) is 40.9. The van der Waals surface area contributed by atoms with E-state index < -0.39 is 86.3 Å². The van der Waals surface area contributed by atoms with Crippen molar-refractivity contribution >= 4 is 135 Å². The number of rotatable bonds is 28. The highest BCUT2D eigenvalue weighted by Gasteiger charge is 2.49. The number of hydrogen-bond donors (Lipinski definition) is 4. The van der Waals surface area contributed by atoms with Gasteiger partial charge < -0.3 is 29.2 Å². The number of sulfone groups is 1. The molecule has 4 N–H and O–H groups in total. The monoisotopic (exact) mass is 2080 g/mol. The first kappa shape index (κ1) is 103. The summed E-state index contributed by atoms with van der Waals surface area (Å²) in [4.78, 5) is 61.8. The predicted molar refractivity (Wildman–Crippen MR) is 553 cm³/mol. The van der Waals surface area contributed by atoms with Crippen molar-refractivity contribution in [2.75, 3.05) is 98.3 Å². The van der Waals surface area contributed by atoms with Gasteiger partial charge in [-0.2, -0.15) is 13.2 Å². The lowest BCUT2D eigenvalue weighted by molar-refractivity contribution is -0.385. The van der Waals surface area contributed by atoms with E-state index >= 15 is 0 Å². The van der Waals surface area contributed by atoms with Crippen LogP contribution in [-0.4, -0.2) is 186 Å². The van der Waals surface area contributed by atoms with Crippen LogP contribution in [-0.2, 0) is 62.2 Å². The Balaban J connectivity index is 0.000000196. The van der Waals surface area contributed by atoms with Crippen LogP contribution in [0, 0.1) is 32.8 Å². The lowest BCUT2D eigenvalue weighted by Crippen LogP contribution is -2.47. The Morgan fingerprint density at radius 3 is 1.33 bits per heavy atom. The van der Waals surface area contributed by atoms with Gasteiger partial charge >= 0.3 is 5.51 Å². The van der Waals surface area contributed by atoms with Crippen molar-refractivity contribution in [3.63, 3.8) is 0 Å². The highest BCUT2D eigenvalue weighted by Crippen LogP contribution is 2.48. The van der Waals surface area contributed by atoms with Gasteiger partial charge in [0.2, 0.25) is 0 Å². The number of allylic oxidation sites excluding steroid dienone is 2. The molecule has 4 aliphatic carbocycles. The van der Waals surface area contributed by atoms with E-state index in [-0.39, 0.29) is 74.9 Å². The number of aromatic nitrogens is 4. The molecule has 4 saturated heterocycles. The van der Waals surface area contributed by atoms with E-state index in [4.69, 9.17) is 41.4 Å². The molecule has 0 atom stereocenters. The van der Waals surface area contributed by atoms with Crippen molar-refractivity contribution in [3.8, 4) is 23.0 Å². The minimum absolute atomic E-state index is 0.00643. The van der Waals surface area contributed by atoms with Crippen LogP contribution in [0.2, 0.25) is 10.0 Å². The molecule has 0 unspecified atom stereocenters. The smallest absolute Gasteiger partial charge is 0.455 e. The summed E-state index contributed by atoms with van der Waals surface area (Å²) < 4.78 is 177. The first-order chi connectivity index (χ1) is 67.7. The van der Waals surface area contributed by atoms with Gasteiger partial charge in [0.1, 0.15) is 34.3 Å². The molecule has 142 heavy (non-hydrogen) atoms. The number of nitrogens with zero attached hydrogens (tertiary/aromatic N) is 9. The third-order valence-electron chi connectivity index (χ3n) is 29.5. The molecule has 8 aliphatic rings. The number of amides is 2. The van der Waals surface area contributed by atoms with Crippen LogP contribution in [0.1, 0.15) is 212 Å². The third kappa shape index (κ3) is 25.4. The average molecular weight is 2080 g/mol. The molecule has 2 saturated carbocycles. The number of anilines is 2. The molecule has 4 aliphatic heterocycles. The number of piperazine rings is 2. The number of carbonyl (C=O) groups excluding carboxylic acids is 2. The number of H-pyrrole nitrogens is 2. The number of benzene rings is 6. The third-order valence-corrected chi connectivity index (χ3v) is 39.3. The molecule has 0 radical (unpaired) electrons. The van der Waals surface area contributed by atoms with E-state index in [2.05, 4.69) is 96.2 Å². The second-order valence-corrected chi connectivity index (χ2v) is 52.2. The van der Waals surface area contributed by atoms with Gasteiger partial charge in [0.15, 0.2) is 0 Å². The highest BCUT2D eigenvalue weighted by atomic mass is 35.5. The molecule has 8 heterocycles. The van der Waals surface area contributed by atoms with Gasteiger partial charge in [-0.25, -0.2) is 61.8 Å². The standard InChI is InChI=1S/C53H62ClF3N6O7S3.C52H62ClN7O7S2/c1-52(2)22-20-40(47(33-52)37-10-13-41(54)14-11-37)35-62-24-26-63(27-25-62)43-17-19-46(48(31-43)70-44-30-39-21-23-58-50(39)59-34-44)51(64)61-73(68,69)45-18-12-38(49(32-45)72(66,67)53(55,56)57)9-6-36-7-15-42(16-8-36)60-71(65)28-4-3-5-29-71;1-52(2)22-20-40(47(33-52)37-10-13-41(53)14-11-37)35-58-24-26-59(27-25-58)43-17-19-46(49(31-43)67-44-30-39-21-23-54-50(39)55-34-44)51(61)57-69(65,66)45-18-12-38(48(32-45)60(62)63)9-6-36-7-15-42(16-8-36)56-68(64)28-4-3-5-29-68/h10-14,17-19,21,23,30-32,34,36,42H,3-9,15-16,20,22,24-29,33,35H2,1-2H3,(H,58,59)(H,61,64);10-14,17-19,21,23,30-32,34,36,42H,3-9,15-16,20,22,24-29,33,35H2,1-2H3,(H,54,55)(H,57,61). The minimum Gasteiger partial charge on any atom is -0.455 e. The van der Waals surface area contributed by atoms with Crippen LogP contribution in [0.25, 0.3) is 33.2 Å². The summed E-state index contributed by atoms with van der Waals surface area (Å²) in [7, 11) is -19.9. The van der Waals surface area contributed by atoms with Gasteiger partial charge in [0.05, 0.1) is 55.2 Å². The van der Waals surface area contributed by atoms with Gasteiger partial charge in [0, 0.05) is 176 Å². The molecule has 0 spiro atoms. The summed E-state index contributed by atoms with van der Waals surface area (Å²) in [6.07, 6.45) is 26.3. The van der Waals surface area contributed by atoms with Gasteiger partial charge in [-0.15, -0.1) is 0 Å². The fourth-order valence-corrected chi connectivity index (χ4v) is 29.5. The Bertz CT molecular complexity index is 7040. The lowest BCUT2D eigenvalue weighted by atomic mass is 9.72. The average Bonchev–Trinajstić information content (AvgIpc) is 1.14. The molecular formula is C105H124Cl2F3N13O14S5. The fraction of sp³-hybridized carbons (Fsp3) is 0.467. The zero-order valence-corrected chi connectivity index (χ0v) is 86.1. The highest BCUT2D eigenvalue weighted by molar-refractivity contribution is 7.94. The van der Waals surface area contributed by atoms with Crippen molar-refractivity contribution in [3.05, 3.63) is 235 Å². The number of ether oxygens (including phenoxy) is 2. The summed E-state index contributed by atoms with van der Waals surface area (Å²) in [5.41, 5.74) is 5.24. The molecule has 758 valence electrons. The van der Waals surface area contributed by atoms with Crippen LogP contribution in [0.4, 0.5) is 30.2 Å². The van der Waals surface area contributed by atoms with Crippen LogP contribution >= 0.6 is 23.2 Å². The number of nitro groups is 1. The quantitative estimate of drug-likeness (QED) is 0.0261. The van der Waals surface area contributed by atoms with Crippen LogP contribution < -0.4 is 28.7 Å². The number of sulfonamides is 2. The van der Waals surface area contributed by atoms with Crippen LogP contribution in [0.5, 0.6) is 23.0 Å². The number of hydrogen-bond acceptors (Lipinski definition) is 22. The second kappa shape index (κ2) is 43.6. The topological polar surface area (TPSA) is 351 Å². The number of nitrogens with one attached hydrogen (secondary N) is 4. The summed E-state index contributed by atoms with van der Waals surface area (Å²) >= 11 is 12.5. The number of fused-ring (bicyclic) bond motifs is 2. The largest absolute Gasteiger partial charge is 0.501 e. The molecule has 6 aromatic carbocycles. The summed E-state index contributed by atoms with van der Waals surface area (Å²) in [6.45, 7) is 16.9. The van der Waals surface area contributed by atoms with Crippen molar-refractivity contribution in [1.29, 1.82) is 0 Å². The molecule has 0 bridgehead atoms. The van der Waals surface area contributed by atoms with E-state index in [9.17, 15) is 66.5 Å². The number of alkyl halides is 3. The van der Waals surface area contributed by atoms with Gasteiger partial charge in [-0.05, 0) is 283 Å². The van der Waals surface area contributed by atoms with E-state index in [0.717, 1.165) is 195 Å². The maximum Gasteiger partial charge on any atom is 0.501 e. The maximum absolute atomic E-state index is 14.2. The molecular weight excluding hydrogens is 1960 g/mol. The van der Waals surface area contributed by atoms with Crippen molar-refractivity contribution in [1.82, 2.24) is 39.2 Å². The Morgan fingerprint density at radius 2 is 0.923 bits per heavy atom. The Labute approximate surface area is 840 Å². The number of aryl methyl sites for hydroxylation is 2. The van der Waals surface area contributed by atoms with E-state index in [1.807, 2.05) is 35.1 Å². The lowest BCUT2D eigenvalue weighted by Gasteiger charge is -2.39. The summed E-state index contributed by atoms with van der Waals surface area (Å²) in [6, 6.07) is 39.7. The van der Waals surface area contributed by atoms with Gasteiger partial charge in [-0.1, -0.05) is 111 Å². The number of halogens is 5. The first-order valence-corrected chi connectivity index (χ1v) is 58.3. The van der Waals surface area contributed by atoms with E-state index in [0.29, 0.717) is 126 Å². The molecule has 27 nitrogen and oxygen atoms in total. The normalized spacial score (nSPS) is 21.0. The van der Waals surface area contributed by atoms with Crippen molar-refractivity contribution < 1.29 is 70.8 Å².